The van der Waals surface area contributed by atoms with Gasteiger partial charge in [-0.15, -0.1) is 0 Å². The lowest BCUT2D eigenvalue weighted by atomic mass is 10.1. The van der Waals surface area contributed by atoms with Crippen LogP contribution in [-0.2, 0) is 28.6 Å². The summed E-state index contributed by atoms with van der Waals surface area (Å²) in [6, 6.07) is 0. The largest absolute Gasteiger partial charge is 0.462 e. The van der Waals surface area contributed by atoms with Gasteiger partial charge in [0, 0.05) is 19.3 Å². The monoisotopic (exact) mass is 859 g/mol. The number of hydrogen-bond donors (Lipinski definition) is 0. The van der Waals surface area contributed by atoms with Crippen molar-refractivity contribution in [3.8, 4) is 0 Å². The van der Waals surface area contributed by atoms with Gasteiger partial charge in [0.15, 0.2) is 6.10 Å². The van der Waals surface area contributed by atoms with Gasteiger partial charge < -0.3 is 14.2 Å². The molecular formula is C56H90O6. The number of carbonyl (C=O) groups is 3. The predicted octanol–water partition coefficient (Wildman–Crippen LogP) is 16.4. The molecule has 0 N–H and O–H groups in total. The highest BCUT2D eigenvalue weighted by atomic mass is 16.6. The van der Waals surface area contributed by atoms with Gasteiger partial charge in [-0.05, 0) is 83.5 Å². The molecule has 6 nitrogen and oxygen atoms in total. The van der Waals surface area contributed by atoms with Crippen molar-refractivity contribution in [2.75, 3.05) is 13.2 Å². The Bertz CT molecular complexity index is 1310. The fourth-order valence-corrected chi connectivity index (χ4v) is 6.44. The molecule has 0 heterocycles. The Morgan fingerprint density at radius 2 is 0.629 bits per heavy atom. The Morgan fingerprint density at radius 1 is 0.339 bits per heavy atom. The summed E-state index contributed by atoms with van der Waals surface area (Å²) in [5.41, 5.74) is 0. The second kappa shape index (κ2) is 49.7. The van der Waals surface area contributed by atoms with Crippen LogP contribution in [0.3, 0.4) is 0 Å². The van der Waals surface area contributed by atoms with Gasteiger partial charge >= 0.3 is 17.9 Å². The molecule has 0 aromatic rings. The Hall–Kier alpha value is -3.93. The van der Waals surface area contributed by atoms with Gasteiger partial charge in [-0.25, -0.2) is 0 Å². The topological polar surface area (TPSA) is 78.9 Å². The van der Waals surface area contributed by atoms with Crippen molar-refractivity contribution in [2.45, 2.75) is 213 Å². The number of esters is 3. The summed E-state index contributed by atoms with van der Waals surface area (Å²) in [5, 5.41) is 0. The molecule has 0 aliphatic heterocycles. The van der Waals surface area contributed by atoms with E-state index in [1.54, 1.807) is 0 Å². The Labute approximate surface area is 380 Å². The zero-order chi connectivity index (χ0) is 45.1. The molecule has 0 aliphatic carbocycles. The summed E-state index contributed by atoms with van der Waals surface area (Å²) >= 11 is 0. The Morgan fingerprint density at radius 3 is 0.968 bits per heavy atom. The van der Waals surface area contributed by atoms with Crippen molar-refractivity contribution in [3.05, 3.63) is 109 Å². The number of carbonyl (C=O) groups excluding carboxylic acids is 3. The lowest BCUT2D eigenvalue weighted by Gasteiger charge is -2.18. The number of hydrogen-bond acceptors (Lipinski definition) is 6. The van der Waals surface area contributed by atoms with Crippen LogP contribution >= 0.6 is 0 Å². The van der Waals surface area contributed by atoms with E-state index in [1.807, 2.05) is 6.08 Å². The average molecular weight is 859 g/mol. The SMILES string of the molecule is CC/C=C/C=C/C=C/CCCCCCCC(=O)OCC(COC(=O)CCCCCCC/C=C/C=C/C=C/CCCCCCC)OC(=O)CCCCCCC/C=C/C=C/C=C/CC. The summed E-state index contributed by atoms with van der Waals surface area (Å²) in [6.07, 6.45) is 66.4. The molecule has 0 aromatic carbocycles. The van der Waals surface area contributed by atoms with E-state index in [1.165, 1.54) is 32.1 Å². The van der Waals surface area contributed by atoms with Crippen LogP contribution in [0.1, 0.15) is 207 Å². The van der Waals surface area contributed by atoms with Crippen LogP contribution in [0.15, 0.2) is 109 Å². The second-order valence-electron chi connectivity index (χ2n) is 16.1. The first-order chi connectivity index (χ1) is 30.5. The van der Waals surface area contributed by atoms with E-state index in [0.717, 1.165) is 135 Å². The lowest BCUT2D eigenvalue weighted by Crippen LogP contribution is -2.30. The number of rotatable bonds is 43. The molecule has 0 fully saturated rings. The normalized spacial score (nSPS) is 13.0. The van der Waals surface area contributed by atoms with Crippen LogP contribution in [0.4, 0.5) is 0 Å². The van der Waals surface area contributed by atoms with Crippen molar-refractivity contribution in [3.63, 3.8) is 0 Å². The van der Waals surface area contributed by atoms with Crippen LogP contribution in [0, 0.1) is 0 Å². The average Bonchev–Trinajstić information content (AvgIpc) is 3.27. The first-order valence-electron chi connectivity index (χ1n) is 25.0. The summed E-state index contributed by atoms with van der Waals surface area (Å²) in [6.45, 7) is 6.28. The molecule has 0 rings (SSSR count). The van der Waals surface area contributed by atoms with E-state index in [-0.39, 0.29) is 31.1 Å². The number of allylic oxidation sites excluding steroid dienone is 18. The van der Waals surface area contributed by atoms with E-state index >= 15 is 0 Å². The van der Waals surface area contributed by atoms with Gasteiger partial charge in [0.05, 0.1) is 0 Å². The van der Waals surface area contributed by atoms with Gasteiger partial charge in [-0.3, -0.25) is 14.4 Å². The molecule has 1 atom stereocenters. The highest BCUT2D eigenvalue weighted by molar-refractivity contribution is 5.71. The van der Waals surface area contributed by atoms with Gasteiger partial charge in [0.1, 0.15) is 13.2 Å². The Balaban J connectivity index is 4.48. The molecule has 6 heteroatoms. The molecule has 0 amide bonds. The molecule has 0 aromatic heterocycles. The zero-order valence-corrected chi connectivity index (χ0v) is 39.8. The predicted molar refractivity (Wildman–Crippen MR) is 265 cm³/mol. The zero-order valence-electron chi connectivity index (χ0n) is 39.8. The van der Waals surface area contributed by atoms with Crippen LogP contribution in [0.2, 0.25) is 0 Å². The minimum absolute atomic E-state index is 0.106. The third kappa shape index (κ3) is 47.1. The molecule has 62 heavy (non-hydrogen) atoms. The third-order valence-electron chi connectivity index (χ3n) is 10.2. The second-order valence-corrected chi connectivity index (χ2v) is 16.1. The lowest BCUT2D eigenvalue weighted by molar-refractivity contribution is -0.167. The van der Waals surface area contributed by atoms with Crippen molar-refractivity contribution >= 4 is 17.9 Å². The number of unbranched alkanes of at least 4 members (excludes halogenated alkanes) is 20. The fraction of sp³-hybridized carbons (Fsp3) is 0.625. The smallest absolute Gasteiger partial charge is 0.306 e. The summed E-state index contributed by atoms with van der Waals surface area (Å²) in [4.78, 5) is 37.9. The molecule has 0 spiro atoms. The third-order valence-corrected chi connectivity index (χ3v) is 10.2. The first kappa shape index (κ1) is 58.1. The molecule has 0 bridgehead atoms. The van der Waals surface area contributed by atoms with Crippen molar-refractivity contribution < 1.29 is 28.6 Å². The van der Waals surface area contributed by atoms with E-state index < -0.39 is 6.10 Å². The van der Waals surface area contributed by atoms with Crippen molar-refractivity contribution in [2.24, 2.45) is 0 Å². The van der Waals surface area contributed by atoms with Crippen LogP contribution < -0.4 is 0 Å². The molecular weight excluding hydrogens is 769 g/mol. The fourth-order valence-electron chi connectivity index (χ4n) is 6.44. The molecule has 0 radical (unpaired) electrons. The standard InChI is InChI=1S/C56H90O6/c1-4-7-10-13-16-19-22-25-26-27-28-29-32-34-37-40-43-46-49-55(58)61-52-53(62-56(59)50-47-44-41-38-35-31-24-21-18-15-12-9-6-3)51-60-54(57)48-45-42-39-36-33-30-23-20-17-14-11-8-5-2/h8-9,11-12,14-15,17-18,20-29,53H,4-7,10,13,16,19,30-52H2,1-3H3/b11-8+,12-9+,17-14+,18-15+,23-20+,24-21+,25-22+,27-26+,29-28+. The quantitative estimate of drug-likeness (QED) is 0.0263. The van der Waals surface area contributed by atoms with Crippen LogP contribution in [0.5, 0.6) is 0 Å². The summed E-state index contributed by atoms with van der Waals surface area (Å²) < 4.78 is 16.7. The highest BCUT2D eigenvalue weighted by Crippen LogP contribution is 2.13. The molecule has 0 saturated carbocycles. The van der Waals surface area contributed by atoms with Gasteiger partial charge in [-0.2, -0.15) is 0 Å². The van der Waals surface area contributed by atoms with E-state index in [4.69, 9.17) is 14.2 Å². The molecule has 1 unspecified atom stereocenters. The van der Waals surface area contributed by atoms with Crippen molar-refractivity contribution in [1.82, 2.24) is 0 Å². The van der Waals surface area contributed by atoms with Gasteiger partial charge in [0.25, 0.3) is 0 Å². The highest BCUT2D eigenvalue weighted by Gasteiger charge is 2.19. The molecule has 0 aliphatic rings. The molecule has 0 saturated heterocycles. The first-order valence-corrected chi connectivity index (χ1v) is 25.0. The van der Waals surface area contributed by atoms with Gasteiger partial charge in [-0.1, -0.05) is 214 Å². The maximum Gasteiger partial charge on any atom is 0.306 e. The maximum atomic E-state index is 12.8. The van der Waals surface area contributed by atoms with E-state index in [2.05, 4.69) is 124 Å². The summed E-state index contributed by atoms with van der Waals surface area (Å²) in [7, 11) is 0. The minimum atomic E-state index is -0.807. The van der Waals surface area contributed by atoms with E-state index in [9.17, 15) is 14.4 Å². The van der Waals surface area contributed by atoms with Crippen LogP contribution in [0.25, 0.3) is 0 Å². The van der Waals surface area contributed by atoms with Gasteiger partial charge in [0.2, 0.25) is 0 Å². The van der Waals surface area contributed by atoms with Crippen molar-refractivity contribution in [1.29, 1.82) is 0 Å². The Kier molecular flexibility index (Phi) is 46.6. The maximum absolute atomic E-state index is 12.8. The van der Waals surface area contributed by atoms with E-state index in [0.29, 0.717) is 19.3 Å². The van der Waals surface area contributed by atoms with Crippen LogP contribution in [-0.4, -0.2) is 37.2 Å². The number of ether oxygens (including phenoxy) is 3. The minimum Gasteiger partial charge on any atom is -0.462 e. The summed E-state index contributed by atoms with van der Waals surface area (Å²) in [5.74, 6) is -0.974. The molecule has 350 valence electrons.